The van der Waals surface area contributed by atoms with E-state index >= 15 is 0 Å². The van der Waals surface area contributed by atoms with Gasteiger partial charge in [-0.05, 0) is 11.4 Å². The van der Waals surface area contributed by atoms with Crippen molar-refractivity contribution in [2.75, 3.05) is 11.4 Å². The molecule has 4 rings (SSSR count). The van der Waals surface area contributed by atoms with E-state index in [4.69, 9.17) is 4.98 Å². The normalized spacial score (nSPS) is 14.3. The van der Waals surface area contributed by atoms with Gasteiger partial charge in [-0.2, -0.15) is 0 Å². The summed E-state index contributed by atoms with van der Waals surface area (Å²) in [4.78, 5) is 31.4. The van der Waals surface area contributed by atoms with Gasteiger partial charge in [0.1, 0.15) is 16.5 Å². The second kappa shape index (κ2) is 5.17. The minimum Gasteiger partial charge on any atom is -0.351 e. The first-order chi connectivity index (χ1) is 10.8. The molecule has 0 aromatic carbocycles. The molecule has 0 saturated carbocycles. The third-order valence-electron chi connectivity index (χ3n) is 3.97. The molecule has 3 aromatic rings. The maximum Gasteiger partial charge on any atom is 0.255 e. The average molecular weight is 313 g/mol. The second-order valence-electron chi connectivity index (χ2n) is 5.28. The number of hydrogen-bond donors (Lipinski definition) is 1. The van der Waals surface area contributed by atoms with Gasteiger partial charge in [0, 0.05) is 19.4 Å². The summed E-state index contributed by atoms with van der Waals surface area (Å²) in [5.74, 6) is 1.77. The predicted octanol–water partition coefficient (Wildman–Crippen LogP) is 1.90. The largest absolute Gasteiger partial charge is 0.351 e. The molecule has 0 saturated heterocycles. The van der Waals surface area contributed by atoms with Crippen LogP contribution in [-0.2, 0) is 19.4 Å². The molecule has 112 valence electrons. The summed E-state index contributed by atoms with van der Waals surface area (Å²) in [6, 6.07) is 2.05. The zero-order chi connectivity index (χ0) is 15.1. The Hall–Kier alpha value is -2.28. The van der Waals surface area contributed by atoms with Crippen LogP contribution in [0.25, 0.3) is 10.2 Å². The zero-order valence-electron chi connectivity index (χ0n) is 12.2. The molecule has 0 spiro atoms. The highest BCUT2D eigenvalue weighted by Gasteiger charge is 2.23. The molecule has 22 heavy (non-hydrogen) atoms. The van der Waals surface area contributed by atoms with Crippen LogP contribution in [0.3, 0.4) is 0 Å². The van der Waals surface area contributed by atoms with Crippen molar-refractivity contribution < 1.29 is 0 Å². The highest BCUT2D eigenvalue weighted by molar-refractivity contribution is 7.16. The van der Waals surface area contributed by atoms with E-state index in [9.17, 15) is 4.79 Å². The lowest BCUT2D eigenvalue weighted by Crippen LogP contribution is -2.36. The highest BCUT2D eigenvalue weighted by atomic mass is 32.1. The molecule has 7 heteroatoms. The molecule has 0 aliphatic carbocycles. The molecule has 1 N–H and O–H groups in total. The molecule has 0 amide bonds. The Morgan fingerprint density at radius 3 is 3.18 bits per heavy atom. The number of anilines is 1. The third-order valence-corrected chi connectivity index (χ3v) is 4.78. The number of H-pyrrole nitrogens is 1. The minimum atomic E-state index is -0.0546. The van der Waals surface area contributed by atoms with Gasteiger partial charge in [-0.25, -0.2) is 15.0 Å². The second-order valence-corrected chi connectivity index (χ2v) is 6.18. The Kier molecular flexibility index (Phi) is 3.15. The molecule has 1 aliphatic heterocycles. The van der Waals surface area contributed by atoms with E-state index in [1.165, 1.54) is 6.33 Å². The summed E-state index contributed by atoms with van der Waals surface area (Å²) in [7, 11) is 0. The van der Waals surface area contributed by atoms with E-state index in [0.717, 1.165) is 52.5 Å². The minimum absolute atomic E-state index is 0.0546. The Balaban J connectivity index is 1.82. The summed E-state index contributed by atoms with van der Waals surface area (Å²) >= 11 is 1.63. The number of hydrogen-bond acceptors (Lipinski definition) is 6. The monoisotopic (exact) mass is 313 g/mol. The molecule has 0 atom stereocenters. The van der Waals surface area contributed by atoms with E-state index in [2.05, 4.69) is 32.8 Å². The Morgan fingerprint density at radius 2 is 2.32 bits per heavy atom. The first-order valence-electron chi connectivity index (χ1n) is 7.30. The van der Waals surface area contributed by atoms with Crippen molar-refractivity contribution in [2.45, 2.75) is 26.3 Å². The van der Waals surface area contributed by atoms with Gasteiger partial charge in [-0.3, -0.25) is 4.79 Å². The van der Waals surface area contributed by atoms with Crippen LogP contribution in [0.2, 0.25) is 0 Å². The average Bonchev–Trinajstić information content (AvgIpc) is 3.02. The van der Waals surface area contributed by atoms with Gasteiger partial charge in [0.15, 0.2) is 0 Å². The molecule has 3 aromatic heterocycles. The predicted molar refractivity (Wildman–Crippen MR) is 86.4 cm³/mol. The Morgan fingerprint density at radius 1 is 1.41 bits per heavy atom. The quantitative estimate of drug-likeness (QED) is 0.782. The molecule has 0 bridgehead atoms. The molecule has 1 aliphatic rings. The van der Waals surface area contributed by atoms with Crippen LogP contribution in [0.5, 0.6) is 0 Å². The van der Waals surface area contributed by atoms with Crippen LogP contribution in [0.15, 0.2) is 22.6 Å². The zero-order valence-corrected chi connectivity index (χ0v) is 13.0. The SMILES string of the molecule is CCc1nc(N2CCc3nc[nH]c(=O)c3C2)c2ccsc2n1. The van der Waals surface area contributed by atoms with Gasteiger partial charge in [-0.1, -0.05) is 6.92 Å². The first kappa shape index (κ1) is 13.4. The number of thiophene rings is 1. The maximum absolute atomic E-state index is 12.0. The third kappa shape index (κ3) is 2.09. The molecular formula is C15H15N5OS. The van der Waals surface area contributed by atoms with Crippen LogP contribution in [-0.4, -0.2) is 26.5 Å². The van der Waals surface area contributed by atoms with Crippen molar-refractivity contribution >= 4 is 27.4 Å². The van der Waals surface area contributed by atoms with Crippen LogP contribution >= 0.6 is 11.3 Å². The standard InChI is InChI=1S/C15H15N5OS/c1-2-12-18-13(9-4-6-22-15(9)19-12)20-5-3-11-10(7-20)14(21)17-8-16-11/h4,6,8H,2-3,5,7H2,1H3,(H,16,17,21). The fourth-order valence-electron chi connectivity index (χ4n) is 2.82. The summed E-state index contributed by atoms with van der Waals surface area (Å²) in [5, 5.41) is 3.10. The molecule has 4 heterocycles. The van der Waals surface area contributed by atoms with Crippen molar-refractivity contribution in [3.63, 3.8) is 0 Å². The van der Waals surface area contributed by atoms with E-state index in [0.29, 0.717) is 6.54 Å². The van der Waals surface area contributed by atoms with Crippen LogP contribution < -0.4 is 10.5 Å². The van der Waals surface area contributed by atoms with Crippen molar-refractivity contribution in [3.8, 4) is 0 Å². The lowest BCUT2D eigenvalue weighted by Gasteiger charge is -2.29. The van der Waals surface area contributed by atoms with Gasteiger partial charge >= 0.3 is 0 Å². The lowest BCUT2D eigenvalue weighted by molar-refractivity contribution is 0.688. The van der Waals surface area contributed by atoms with E-state index in [1.807, 2.05) is 5.38 Å². The van der Waals surface area contributed by atoms with Crippen molar-refractivity contribution in [2.24, 2.45) is 0 Å². The summed E-state index contributed by atoms with van der Waals surface area (Å²) in [5.41, 5.74) is 1.58. The fourth-order valence-corrected chi connectivity index (χ4v) is 3.59. The summed E-state index contributed by atoms with van der Waals surface area (Å²) in [6.45, 7) is 3.41. The van der Waals surface area contributed by atoms with Gasteiger partial charge in [0.25, 0.3) is 5.56 Å². The smallest absolute Gasteiger partial charge is 0.255 e. The summed E-state index contributed by atoms with van der Waals surface area (Å²) in [6.07, 6.45) is 3.04. The fraction of sp³-hybridized carbons (Fsp3) is 0.333. The maximum atomic E-state index is 12.0. The molecule has 6 nitrogen and oxygen atoms in total. The number of nitrogens with zero attached hydrogens (tertiary/aromatic N) is 4. The number of aryl methyl sites for hydroxylation is 1. The molecule has 0 unspecified atom stereocenters. The highest BCUT2D eigenvalue weighted by Crippen LogP contribution is 2.30. The molecule has 0 fully saturated rings. The van der Waals surface area contributed by atoms with Gasteiger partial charge in [-0.15, -0.1) is 11.3 Å². The number of rotatable bonds is 2. The van der Waals surface area contributed by atoms with Crippen LogP contribution in [0.1, 0.15) is 24.0 Å². The van der Waals surface area contributed by atoms with Gasteiger partial charge < -0.3 is 9.88 Å². The van der Waals surface area contributed by atoms with Crippen molar-refractivity contribution in [1.29, 1.82) is 0 Å². The molecule has 0 radical (unpaired) electrons. The molecular weight excluding hydrogens is 298 g/mol. The number of nitrogens with one attached hydrogen (secondary N) is 1. The Bertz CT molecular complexity index is 900. The van der Waals surface area contributed by atoms with E-state index in [-0.39, 0.29) is 5.56 Å². The number of aromatic nitrogens is 4. The van der Waals surface area contributed by atoms with Crippen molar-refractivity contribution in [1.82, 2.24) is 19.9 Å². The number of fused-ring (bicyclic) bond motifs is 2. The van der Waals surface area contributed by atoms with Crippen molar-refractivity contribution in [3.05, 3.63) is 45.2 Å². The van der Waals surface area contributed by atoms with E-state index in [1.54, 1.807) is 11.3 Å². The number of aromatic amines is 1. The van der Waals surface area contributed by atoms with Gasteiger partial charge in [0.05, 0.1) is 29.5 Å². The Labute approximate surface area is 130 Å². The lowest BCUT2D eigenvalue weighted by atomic mass is 10.1. The summed E-state index contributed by atoms with van der Waals surface area (Å²) < 4.78 is 0. The first-order valence-corrected chi connectivity index (χ1v) is 8.18. The van der Waals surface area contributed by atoms with Crippen LogP contribution in [0, 0.1) is 0 Å². The van der Waals surface area contributed by atoms with Gasteiger partial charge in [0.2, 0.25) is 0 Å². The van der Waals surface area contributed by atoms with Crippen LogP contribution in [0.4, 0.5) is 5.82 Å². The van der Waals surface area contributed by atoms with E-state index < -0.39 is 0 Å². The topological polar surface area (TPSA) is 74.8 Å².